The van der Waals surface area contributed by atoms with Crippen LogP contribution >= 0.6 is 0 Å². The first-order valence-corrected chi connectivity index (χ1v) is 14.7. The maximum absolute atomic E-state index is 3.35. The number of benzene rings is 4. The van der Waals surface area contributed by atoms with E-state index in [4.69, 9.17) is 0 Å². The van der Waals surface area contributed by atoms with Gasteiger partial charge in [-0.05, 0) is 6.42 Å². The minimum Gasteiger partial charge on any atom is -0.179 e. The zero-order chi connectivity index (χ0) is 27.0. The fourth-order valence-electron chi connectivity index (χ4n) is 4.59. The first kappa shape index (κ1) is 28.1. The number of allylic oxidation sites excluding steroid dienone is 4. The molecule has 0 aliphatic heterocycles. The van der Waals surface area contributed by atoms with Crippen LogP contribution in [0.4, 0.5) is 0 Å². The molecule has 4 aromatic rings. The third-order valence-electron chi connectivity index (χ3n) is 6.88. The molecule has 0 heterocycles. The summed E-state index contributed by atoms with van der Waals surface area (Å²) in [6.07, 6.45) is 10.1. The normalized spacial score (nSPS) is 14.8. The van der Waals surface area contributed by atoms with E-state index in [0.717, 1.165) is 6.42 Å². The Balaban J connectivity index is 0.000000134. The summed E-state index contributed by atoms with van der Waals surface area (Å²) in [6, 6.07) is 39.2. The Hall–Kier alpha value is -2.89. The summed E-state index contributed by atoms with van der Waals surface area (Å²) < 4.78 is 1.42. The maximum Gasteiger partial charge on any atom is -0.0253 e. The van der Waals surface area contributed by atoms with Crippen molar-refractivity contribution in [1.29, 1.82) is 0 Å². The Morgan fingerprint density at radius 2 is 1.37 bits per heavy atom. The second kappa shape index (κ2) is 13.3. The van der Waals surface area contributed by atoms with E-state index in [1.54, 1.807) is 0 Å². The SMILES string of the molecule is CCC1[C-]=CC(C(C)(C)C)=C1.[Zr+2]=[C](c1ccccc1)c1ccccc1.[c-]1cccc2c1Cc1ccccc1-2. The minimum atomic E-state index is 0.302. The molecule has 188 valence electrons. The van der Waals surface area contributed by atoms with Crippen molar-refractivity contribution in [2.24, 2.45) is 11.3 Å². The number of hydrogen-bond acceptors (Lipinski definition) is 0. The molecule has 2 aliphatic carbocycles. The molecule has 0 saturated heterocycles. The second-order valence-electron chi connectivity index (χ2n) is 10.7. The van der Waals surface area contributed by atoms with E-state index < -0.39 is 0 Å². The Labute approximate surface area is 244 Å². The van der Waals surface area contributed by atoms with E-state index in [2.05, 4.69) is 149 Å². The van der Waals surface area contributed by atoms with Gasteiger partial charge in [0.15, 0.2) is 0 Å². The Morgan fingerprint density at radius 3 is 1.92 bits per heavy atom. The summed E-state index contributed by atoms with van der Waals surface area (Å²) in [5.41, 5.74) is 9.91. The molecule has 0 bridgehead atoms. The first-order valence-electron chi connectivity index (χ1n) is 13.5. The molecule has 0 N–H and O–H groups in total. The molecule has 6 rings (SSSR count). The van der Waals surface area contributed by atoms with Crippen molar-refractivity contribution in [3.63, 3.8) is 0 Å². The van der Waals surface area contributed by atoms with Crippen molar-refractivity contribution in [2.75, 3.05) is 0 Å². The van der Waals surface area contributed by atoms with Crippen LogP contribution in [0.15, 0.2) is 121 Å². The average Bonchev–Trinajstić information content (AvgIpc) is 3.60. The Kier molecular flexibility index (Phi) is 9.82. The molecule has 38 heavy (non-hydrogen) atoms. The van der Waals surface area contributed by atoms with Crippen molar-refractivity contribution in [3.05, 3.63) is 155 Å². The topological polar surface area (TPSA) is 0 Å². The van der Waals surface area contributed by atoms with E-state index in [1.807, 2.05) is 6.07 Å². The van der Waals surface area contributed by atoms with Crippen LogP contribution in [0.25, 0.3) is 11.1 Å². The van der Waals surface area contributed by atoms with E-state index >= 15 is 0 Å². The maximum atomic E-state index is 3.35. The molecular weight excluding hydrogens is 536 g/mol. The molecule has 2 aliphatic rings. The van der Waals surface area contributed by atoms with Crippen LogP contribution in [0.2, 0.25) is 0 Å². The van der Waals surface area contributed by atoms with Gasteiger partial charge in [-0.1, -0.05) is 80.8 Å². The van der Waals surface area contributed by atoms with Gasteiger partial charge >= 0.3 is 99.2 Å². The molecule has 1 heteroatoms. The Bertz CT molecular complexity index is 1320. The summed E-state index contributed by atoms with van der Waals surface area (Å²) in [5.74, 6) is 0.573. The smallest absolute Gasteiger partial charge is 0.0253 e. The van der Waals surface area contributed by atoms with Crippen LogP contribution in [0.3, 0.4) is 0 Å². The summed E-state index contributed by atoms with van der Waals surface area (Å²) in [5, 5.41) is 0. The molecule has 0 saturated carbocycles. The molecule has 0 amide bonds. The molecule has 0 aromatic heterocycles. The van der Waals surface area contributed by atoms with E-state index in [-0.39, 0.29) is 0 Å². The van der Waals surface area contributed by atoms with Gasteiger partial charge in [0.05, 0.1) is 0 Å². The summed E-state index contributed by atoms with van der Waals surface area (Å²) in [7, 11) is 0. The third kappa shape index (κ3) is 7.36. The van der Waals surface area contributed by atoms with Crippen molar-refractivity contribution in [3.8, 4) is 11.1 Å². The molecule has 0 nitrogen and oxygen atoms in total. The van der Waals surface area contributed by atoms with Crippen molar-refractivity contribution >= 4 is 3.21 Å². The van der Waals surface area contributed by atoms with Crippen molar-refractivity contribution < 1.29 is 24.2 Å². The van der Waals surface area contributed by atoms with E-state index in [0.29, 0.717) is 11.3 Å². The second-order valence-corrected chi connectivity index (χ2v) is 11.9. The van der Waals surface area contributed by atoms with Gasteiger partial charge in [-0.25, -0.2) is 6.08 Å². The third-order valence-corrected chi connectivity index (χ3v) is 8.30. The van der Waals surface area contributed by atoms with Gasteiger partial charge in [0.1, 0.15) is 0 Å². The van der Waals surface area contributed by atoms with Crippen molar-refractivity contribution in [1.82, 2.24) is 0 Å². The Morgan fingerprint density at radius 1 is 0.789 bits per heavy atom. The van der Waals surface area contributed by atoms with E-state index in [9.17, 15) is 0 Å². The fraction of sp³-hybridized carbons (Fsp3) is 0.216. The molecule has 0 fully saturated rings. The monoisotopic (exact) mass is 570 g/mol. The van der Waals surface area contributed by atoms with Crippen LogP contribution in [0, 0.1) is 23.5 Å². The predicted molar refractivity (Wildman–Crippen MR) is 159 cm³/mol. The van der Waals surface area contributed by atoms with Gasteiger partial charge in [-0.2, -0.15) is 41.5 Å². The van der Waals surface area contributed by atoms with E-state index in [1.165, 1.54) is 72.8 Å². The van der Waals surface area contributed by atoms with Crippen LogP contribution in [-0.2, 0) is 30.7 Å². The zero-order valence-corrected chi connectivity index (χ0v) is 25.4. The number of fused-ring (bicyclic) bond motifs is 3. The zero-order valence-electron chi connectivity index (χ0n) is 23.0. The average molecular weight is 572 g/mol. The summed E-state index contributed by atoms with van der Waals surface area (Å²) in [6.45, 7) is 8.94. The quantitative estimate of drug-likeness (QED) is 0.189. The molecule has 0 spiro atoms. The van der Waals surface area contributed by atoms with Crippen LogP contribution in [0.5, 0.6) is 0 Å². The largest absolute Gasteiger partial charge is 0.179 e. The molecule has 1 atom stereocenters. The molecule has 0 radical (unpaired) electrons. The van der Waals surface area contributed by atoms with Gasteiger partial charge < -0.3 is 0 Å². The molecular formula is C37H36Zr. The van der Waals surface area contributed by atoms with Gasteiger partial charge in [-0.3, -0.25) is 6.08 Å². The first-order chi connectivity index (χ1) is 18.4. The number of rotatable bonds is 3. The standard InChI is InChI=1S/C13H9.C13H10.C11H17.Zr/c1-3-7-12-10(5-1)9-11-6-2-4-8-13(11)12;1-3-7-12(8-4-1)11-13-9-5-2-6-10-13;1-5-9-6-7-10(8-9)11(2,3)4;/h1-5,7-8H,9H2;1-10H;7-9H,5H2,1-4H3;/q-1;;-1;+2. The summed E-state index contributed by atoms with van der Waals surface area (Å²) >= 11 is 1.46. The van der Waals surface area contributed by atoms with Crippen LogP contribution in [0.1, 0.15) is 56.4 Å². The summed E-state index contributed by atoms with van der Waals surface area (Å²) in [4.78, 5) is 0. The van der Waals surface area contributed by atoms with Crippen molar-refractivity contribution in [2.45, 2.75) is 40.5 Å². The number of hydrogen-bond donors (Lipinski definition) is 0. The van der Waals surface area contributed by atoms with Crippen LogP contribution in [-0.4, -0.2) is 3.21 Å². The minimum absolute atomic E-state index is 0.302. The predicted octanol–water partition coefficient (Wildman–Crippen LogP) is 9.22. The molecule has 4 aromatic carbocycles. The fourth-order valence-corrected chi connectivity index (χ4v) is 5.41. The van der Waals surface area contributed by atoms with Gasteiger partial charge in [-0.15, -0.1) is 5.56 Å². The van der Waals surface area contributed by atoms with Gasteiger partial charge in [0, 0.05) is 0 Å². The van der Waals surface area contributed by atoms with Crippen LogP contribution < -0.4 is 0 Å². The molecule has 1 unspecified atom stereocenters. The van der Waals surface area contributed by atoms with Gasteiger partial charge in [0.25, 0.3) is 0 Å². The van der Waals surface area contributed by atoms with Gasteiger partial charge in [0.2, 0.25) is 0 Å².